The number of hydrogen-bond donors (Lipinski definition) is 0. The van der Waals surface area contributed by atoms with Gasteiger partial charge in [-0.15, -0.1) is 5.10 Å². The van der Waals surface area contributed by atoms with E-state index in [1.807, 2.05) is 13.3 Å². The average Bonchev–Trinajstić information content (AvgIpc) is 2.86. The van der Waals surface area contributed by atoms with E-state index in [1.54, 1.807) is 0 Å². The molecule has 3 rings (SSSR count). The zero-order valence-corrected chi connectivity index (χ0v) is 12.4. The van der Waals surface area contributed by atoms with Gasteiger partial charge >= 0.3 is 0 Å². The highest BCUT2D eigenvalue weighted by atomic mass is 32.1. The van der Waals surface area contributed by atoms with E-state index < -0.39 is 0 Å². The lowest BCUT2D eigenvalue weighted by Gasteiger charge is -2.30. The van der Waals surface area contributed by atoms with E-state index in [0.29, 0.717) is 0 Å². The number of rotatable bonds is 2. The molecule has 0 saturated heterocycles. The van der Waals surface area contributed by atoms with E-state index in [2.05, 4.69) is 39.6 Å². The number of imidazole rings is 1. The fourth-order valence-corrected chi connectivity index (χ4v) is 3.44. The van der Waals surface area contributed by atoms with Crippen LogP contribution < -0.4 is 0 Å². The normalized spacial score (nSPS) is 17.5. The van der Waals surface area contributed by atoms with Gasteiger partial charge in [-0.05, 0) is 42.3 Å². The van der Waals surface area contributed by atoms with Gasteiger partial charge in [-0.1, -0.05) is 24.9 Å². The average molecular weight is 274 g/mol. The van der Waals surface area contributed by atoms with Gasteiger partial charge in [-0.2, -0.15) is 0 Å². The van der Waals surface area contributed by atoms with Gasteiger partial charge in [0.1, 0.15) is 0 Å². The van der Waals surface area contributed by atoms with Crippen molar-refractivity contribution in [3.63, 3.8) is 0 Å². The van der Waals surface area contributed by atoms with Crippen LogP contribution in [0.5, 0.6) is 0 Å². The first-order valence-corrected chi connectivity index (χ1v) is 7.23. The van der Waals surface area contributed by atoms with Crippen molar-refractivity contribution in [3.05, 3.63) is 34.9 Å². The standard InChI is InChI=1S/C14H18N4S/c1-9-5-14(3,4)6-11-13(9)18(8-15-11)7-12-10(2)16-17-19-12/h8H,1,5-7H2,2-4H3. The molecule has 2 aromatic rings. The molecule has 0 amide bonds. The summed E-state index contributed by atoms with van der Waals surface area (Å²) in [5.74, 6) is 0. The molecule has 0 aromatic carbocycles. The van der Waals surface area contributed by atoms with Crippen molar-refractivity contribution >= 4 is 17.1 Å². The summed E-state index contributed by atoms with van der Waals surface area (Å²) in [6, 6.07) is 0. The van der Waals surface area contributed by atoms with Gasteiger partial charge in [0, 0.05) is 0 Å². The monoisotopic (exact) mass is 274 g/mol. The first kappa shape index (κ1) is 12.5. The third-order valence-electron chi connectivity index (χ3n) is 3.65. The highest BCUT2D eigenvalue weighted by Gasteiger charge is 2.31. The Balaban J connectivity index is 1.96. The van der Waals surface area contributed by atoms with Crippen LogP contribution >= 0.6 is 11.5 Å². The molecule has 1 aliphatic carbocycles. The highest BCUT2D eigenvalue weighted by molar-refractivity contribution is 7.05. The Kier molecular flexibility index (Phi) is 2.82. The molecule has 19 heavy (non-hydrogen) atoms. The largest absolute Gasteiger partial charge is 0.325 e. The lowest BCUT2D eigenvalue weighted by molar-refractivity contribution is 0.360. The van der Waals surface area contributed by atoms with E-state index in [-0.39, 0.29) is 5.41 Å². The van der Waals surface area contributed by atoms with Crippen molar-refractivity contribution in [1.29, 1.82) is 0 Å². The molecule has 0 bridgehead atoms. The SMILES string of the molecule is C=C1CC(C)(C)Cc2ncn(Cc3snnc3C)c21. The van der Waals surface area contributed by atoms with Gasteiger partial charge in [0.05, 0.1) is 34.8 Å². The summed E-state index contributed by atoms with van der Waals surface area (Å²) in [5, 5.41) is 4.06. The zero-order chi connectivity index (χ0) is 13.6. The minimum absolute atomic E-state index is 0.269. The summed E-state index contributed by atoms with van der Waals surface area (Å²) in [5.41, 5.74) is 4.86. The van der Waals surface area contributed by atoms with E-state index in [4.69, 9.17) is 0 Å². The van der Waals surface area contributed by atoms with Crippen LogP contribution in [0.25, 0.3) is 5.57 Å². The van der Waals surface area contributed by atoms with Gasteiger partial charge < -0.3 is 4.57 Å². The lowest BCUT2D eigenvalue weighted by atomic mass is 9.76. The number of allylic oxidation sites excluding steroid dienone is 1. The molecule has 0 fully saturated rings. The van der Waals surface area contributed by atoms with Crippen LogP contribution in [0.3, 0.4) is 0 Å². The summed E-state index contributed by atoms with van der Waals surface area (Å²) in [6.45, 7) is 11.6. The van der Waals surface area contributed by atoms with Crippen molar-refractivity contribution in [2.24, 2.45) is 5.41 Å². The molecule has 0 radical (unpaired) electrons. The van der Waals surface area contributed by atoms with Crippen LogP contribution in [0, 0.1) is 12.3 Å². The number of aryl methyl sites for hydroxylation is 1. The molecule has 0 N–H and O–H groups in total. The predicted molar refractivity (Wildman–Crippen MR) is 77.1 cm³/mol. The second-order valence-corrected chi connectivity index (χ2v) is 6.91. The van der Waals surface area contributed by atoms with E-state index in [1.165, 1.54) is 33.4 Å². The van der Waals surface area contributed by atoms with Crippen molar-refractivity contribution < 1.29 is 0 Å². The smallest absolute Gasteiger partial charge is 0.0957 e. The molecule has 0 saturated carbocycles. The predicted octanol–water partition coefficient (Wildman–Crippen LogP) is 3.08. The minimum Gasteiger partial charge on any atom is -0.325 e. The second kappa shape index (κ2) is 4.27. The molecule has 100 valence electrons. The lowest BCUT2D eigenvalue weighted by Crippen LogP contribution is -2.22. The van der Waals surface area contributed by atoms with Crippen molar-refractivity contribution in [2.45, 2.75) is 40.2 Å². The number of fused-ring (bicyclic) bond motifs is 1. The molecule has 0 spiro atoms. The third kappa shape index (κ3) is 2.23. The molecule has 4 nitrogen and oxygen atoms in total. The third-order valence-corrected chi connectivity index (χ3v) is 4.45. The Morgan fingerprint density at radius 1 is 1.42 bits per heavy atom. The molecular weight excluding hydrogens is 256 g/mol. The Bertz CT molecular complexity index is 636. The van der Waals surface area contributed by atoms with Crippen LogP contribution in [0.1, 0.15) is 42.2 Å². The second-order valence-electron chi connectivity index (χ2n) is 6.07. The summed E-state index contributed by atoms with van der Waals surface area (Å²) < 4.78 is 6.18. The van der Waals surface area contributed by atoms with Crippen LogP contribution in [-0.4, -0.2) is 19.1 Å². The molecular formula is C14H18N4S. The van der Waals surface area contributed by atoms with Crippen molar-refractivity contribution in [3.8, 4) is 0 Å². The fourth-order valence-electron chi connectivity index (χ4n) is 2.81. The molecule has 2 heterocycles. The van der Waals surface area contributed by atoms with E-state index in [9.17, 15) is 0 Å². The maximum Gasteiger partial charge on any atom is 0.0957 e. The molecule has 5 heteroatoms. The number of nitrogens with zero attached hydrogens (tertiary/aromatic N) is 4. The van der Waals surface area contributed by atoms with Gasteiger partial charge in [-0.3, -0.25) is 0 Å². The van der Waals surface area contributed by atoms with Crippen LogP contribution in [0.15, 0.2) is 12.9 Å². The molecule has 0 atom stereocenters. The number of aromatic nitrogens is 4. The van der Waals surface area contributed by atoms with Crippen LogP contribution in [0.2, 0.25) is 0 Å². The first-order valence-electron chi connectivity index (χ1n) is 6.46. The fraction of sp³-hybridized carbons (Fsp3) is 0.500. The summed E-state index contributed by atoms with van der Waals surface area (Å²) in [7, 11) is 0. The van der Waals surface area contributed by atoms with Crippen LogP contribution in [-0.2, 0) is 13.0 Å². The molecule has 0 aliphatic heterocycles. The van der Waals surface area contributed by atoms with Gasteiger partial charge in [-0.25, -0.2) is 4.98 Å². The molecule has 2 aromatic heterocycles. The summed E-state index contributed by atoms with van der Waals surface area (Å²) in [6.07, 6.45) is 3.98. The van der Waals surface area contributed by atoms with Gasteiger partial charge in [0.2, 0.25) is 0 Å². The zero-order valence-electron chi connectivity index (χ0n) is 11.6. The maximum atomic E-state index is 4.58. The number of hydrogen-bond acceptors (Lipinski definition) is 4. The van der Waals surface area contributed by atoms with E-state index >= 15 is 0 Å². The van der Waals surface area contributed by atoms with Crippen molar-refractivity contribution in [2.75, 3.05) is 0 Å². The Hall–Kier alpha value is -1.49. The minimum atomic E-state index is 0.269. The van der Waals surface area contributed by atoms with E-state index in [0.717, 1.165) is 25.1 Å². The maximum absolute atomic E-state index is 4.58. The Morgan fingerprint density at radius 2 is 2.21 bits per heavy atom. The summed E-state index contributed by atoms with van der Waals surface area (Å²) >= 11 is 1.46. The first-order chi connectivity index (χ1) is 8.96. The summed E-state index contributed by atoms with van der Waals surface area (Å²) in [4.78, 5) is 5.77. The van der Waals surface area contributed by atoms with Gasteiger partial charge in [0.15, 0.2) is 0 Å². The van der Waals surface area contributed by atoms with Crippen molar-refractivity contribution in [1.82, 2.24) is 19.1 Å². The van der Waals surface area contributed by atoms with Gasteiger partial charge in [0.25, 0.3) is 0 Å². The Labute approximate surface area is 117 Å². The molecule has 1 aliphatic rings. The topological polar surface area (TPSA) is 43.6 Å². The molecule has 0 unspecified atom stereocenters. The highest BCUT2D eigenvalue weighted by Crippen LogP contribution is 2.40. The Morgan fingerprint density at radius 3 is 2.89 bits per heavy atom. The quantitative estimate of drug-likeness (QED) is 0.845. The van der Waals surface area contributed by atoms with Crippen LogP contribution in [0.4, 0.5) is 0 Å².